The van der Waals surface area contributed by atoms with Crippen molar-refractivity contribution in [2.24, 2.45) is 4.99 Å². The molecule has 8 heteroatoms. The van der Waals surface area contributed by atoms with Crippen LogP contribution < -0.4 is 10.6 Å². The highest BCUT2D eigenvalue weighted by Crippen LogP contribution is 2.10. The Labute approximate surface area is 174 Å². The summed E-state index contributed by atoms with van der Waals surface area (Å²) in [6, 6.07) is 0.293. The quantitative estimate of drug-likeness (QED) is 0.261. The van der Waals surface area contributed by atoms with E-state index in [0.29, 0.717) is 12.5 Å². The summed E-state index contributed by atoms with van der Waals surface area (Å²) < 4.78 is 2.17. The Morgan fingerprint density at radius 2 is 2.19 bits per heavy atom. The van der Waals surface area contributed by atoms with Gasteiger partial charge in [0.1, 0.15) is 5.82 Å². The van der Waals surface area contributed by atoms with Crippen LogP contribution in [0.4, 0.5) is 0 Å². The standard InChI is InChI=1S/C18H32N6O.HI/c1-4-17(25)24-12-8-16(14-24)22-18(19-5-2)21-9-6-7-11-23-13-10-20-15(23)3;/h10,13,16H,4-9,11-12,14H2,1-3H3,(H2,19,21,22);1H. The molecule has 1 saturated heterocycles. The highest BCUT2D eigenvalue weighted by Gasteiger charge is 2.25. The normalized spacial score (nSPS) is 17.1. The summed E-state index contributed by atoms with van der Waals surface area (Å²) in [6.07, 6.45) is 7.55. The summed E-state index contributed by atoms with van der Waals surface area (Å²) in [5.41, 5.74) is 0. The summed E-state index contributed by atoms with van der Waals surface area (Å²) >= 11 is 0. The number of aromatic nitrogens is 2. The molecule has 0 bridgehead atoms. The lowest BCUT2D eigenvalue weighted by Crippen LogP contribution is -2.45. The second kappa shape index (κ2) is 12.1. The van der Waals surface area contributed by atoms with Gasteiger partial charge in [0.2, 0.25) is 5.91 Å². The maximum atomic E-state index is 11.8. The number of rotatable bonds is 8. The summed E-state index contributed by atoms with van der Waals surface area (Å²) in [4.78, 5) is 22.6. The van der Waals surface area contributed by atoms with Crippen LogP contribution in [0, 0.1) is 6.92 Å². The molecule has 2 heterocycles. The van der Waals surface area contributed by atoms with Gasteiger partial charge in [-0.15, -0.1) is 24.0 Å². The molecular formula is C18H33IN6O. The van der Waals surface area contributed by atoms with Gasteiger partial charge in [-0.25, -0.2) is 4.98 Å². The minimum Gasteiger partial charge on any atom is -0.357 e. The second-order valence-electron chi connectivity index (χ2n) is 6.46. The first kappa shape index (κ1) is 22.7. The number of hydrogen-bond donors (Lipinski definition) is 2. The number of aryl methyl sites for hydroxylation is 2. The third-order valence-electron chi connectivity index (χ3n) is 4.53. The lowest BCUT2D eigenvalue weighted by atomic mass is 10.3. The first-order valence-electron chi connectivity index (χ1n) is 9.44. The van der Waals surface area contributed by atoms with E-state index in [9.17, 15) is 4.79 Å². The number of carbonyl (C=O) groups excluding carboxylic acids is 1. The van der Waals surface area contributed by atoms with Crippen LogP contribution in [-0.4, -0.2) is 58.5 Å². The van der Waals surface area contributed by atoms with Gasteiger partial charge in [-0.05, 0) is 33.1 Å². The van der Waals surface area contributed by atoms with Crippen molar-refractivity contribution < 1.29 is 4.79 Å². The second-order valence-corrected chi connectivity index (χ2v) is 6.46. The maximum Gasteiger partial charge on any atom is 0.222 e. The predicted octanol–water partition coefficient (Wildman–Crippen LogP) is 2.16. The van der Waals surface area contributed by atoms with E-state index in [4.69, 9.17) is 0 Å². The van der Waals surface area contributed by atoms with Crippen molar-refractivity contribution in [2.45, 2.75) is 59.0 Å². The molecule has 0 aliphatic carbocycles. The third kappa shape index (κ3) is 7.13. The highest BCUT2D eigenvalue weighted by atomic mass is 127. The molecule has 2 N–H and O–H groups in total. The smallest absolute Gasteiger partial charge is 0.222 e. The number of likely N-dealkylation sites (tertiary alicyclic amines) is 1. The predicted molar refractivity (Wildman–Crippen MR) is 116 cm³/mol. The topological polar surface area (TPSA) is 74.6 Å². The molecule has 2 rings (SSSR count). The van der Waals surface area contributed by atoms with Crippen LogP contribution in [-0.2, 0) is 11.3 Å². The fraction of sp³-hybridized carbons (Fsp3) is 0.722. The van der Waals surface area contributed by atoms with Crippen molar-refractivity contribution in [1.29, 1.82) is 0 Å². The Hall–Kier alpha value is -1.32. The lowest BCUT2D eigenvalue weighted by molar-refractivity contribution is -0.129. The SMILES string of the molecule is CCNC(=NCCCCn1ccnc1C)NC1CCN(C(=O)CC)C1.I. The van der Waals surface area contributed by atoms with Crippen molar-refractivity contribution in [3.05, 3.63) is 18.2 Å². The van der Waals surface area contributed by atoms with Crippen LogP contribution in [0.1, 0.15) is 45.4 Å². The first-order chi connectivity index (χ1) is 12.1. The number of guanidine groups is 1. The summed E-state index contributed by atoms with van der Waals surface area (Å²) in [6.45, 7) is 10.3. The highest BCUT2D eigenvalue weighted by molar-refractivity contribution is 14.0. The zero-order valence-corrected chi connectivity index (χ0v) is 18.5. The van der Waals surface area contributed by atoms with Crippen LogP contribution in [0.15, 0.2) is 17.4 Å². The van der Waals surface area contributed by atoms with Crippen molar-refractivity contribution in [1.82, 2.24) is 25.1 Å². The van der Waals surface area contributed by atoms with Crippen LogP contribution in [0.5, 0.6) is 0 Å². The van der Waals surface area contributed by atoms with E-state index >= 15 is 0 Å². The number of nitrogens with zero attached hydrogens (tertiary/aromatic N) is 4. The largest absolute Gasteiger partial charge is 0.357 e. The van der Waals surface area contributed by atoms with E-state index in [1.165, 1.54) is 0 Å². The summed E-state index contributed by atoms with van der Waals surface area (Å²) in [5, 5.41) is 6.77. The molecule has 26 heavy (non-hydrogen) atoms. The minimum atomic E-state index is 0. The summed E-state index contributed by atoms with van der Waals surface area (Å²) in [7, 11) is 0. The first-order valence-corrected chi connectivity index (χ1v) is 9.44. The molecule has 1 aromatic heterocycles. The van der Waals surface area contributed by atoms with Gasteiger partial charge in [0.05, 0.1) is 0 Å². The number of nitrogens with one attached hydrogen (secondary N) is 2. The molecule has 1 unspecified atom stereocenters. The molecule has 148 valence electrons. The lowest BCUT2D eigenvalue weighted by Gasteiger charge is -2.18. The molecule has 1 aromatic rings. The van der Waals surface area contributed by atoms with Crippen molar-refractivity contribution in [2.75, 3.05) is 26.2 Å². The molecule has 0 saturated carbocycles. The van der Waals surface area contributed by atoms with Gasteiger partial charge in [-0.3, -0.25) is 9.79 Å². The number of halogens is 1. The molecule has 0 spiro atoms. The number of amides is 1. The fourth-order valence-electron chi connectivity index (χ4n) is 3.07. The number of aliphatic imine (C=N–C) groups is 1. The van der Waals surface area contributed by atoms with Gasteiger partial charge in [0.15, 0.2) is 5.96 Å². The number of carbonyl (C=O) groups is 1. The fourth-order valence-corrected chi connectivity index (χ4v) is 3.07. The van der Waals surface area contributed by atoms with Gasteiger partial charge in [0, 0.05) is 57.6 Å². The monoisotopic (exact) mass is 476 g/mol. The molecule has 1 amide bonds. The van der Waals surface area contributed by atoms with Gasteiger partial charge < -0.3 is 20.1 Å². The average molecular weight is 476 g/mol. The average Bonchev–Trinajstić information content (AvgIpc) is 3.23. The Kier molecular flexibility index (Phi) is 10.6. The zero-order chi connectivity index (χ0) is 18.1. The molecule has 0 radical (unpaired) electrons. The van der Waals surface area contributed by atoms with E-state index in [1.54, 1.807) is 0 Å². The molecule has 1 aliphatic heterocycles. The van der Waals surface area contributed by atoms with Crippen LogP contribution in [0.25, 0.3) is 0 Å². The molecular weight excluding hydrogens is 443 g/mol. The zero-order valence-electron chi connectivity index (χ0n) is 16.2. The van der Waals surface area contributed by atoms with E-state index in [-0.39, 0.29) is 29.9 Å². The van der Waals surface area contributed by atoms with Crippen molar-refractivity contribution in [3.8, 4) is 0 Å². The van der Waals surface area contributed by atoms with Gasteiger partial charge in [0.25, 0.3) is 0 Å². The summed E-state index contributed by atoms with van der Waals surface area (Å²) in [5.74, 6) is 2.16. The van der Waals surface area contributed by atoms with Crippen molar-refractivity contribution >= 4 is 35.8 Å². The molecule has 0 aromatic carbocycles. The van der Waals surface area contributed by atoms with Crippen molar-refractivity contribution in [3.63, 3.8) is 0 Å². The molecule has 1 atom stereocenters. The molecule has 1 aliphatic rings. The van der Waals surface area contributed by atoms with E-state index < -0.39 is 0 Å². The van der Waals surface area contributed by atoms with Gasteiger partial charge in [-0.2, -0.15) is 0 Å². The van der Waals surface area contributed by atoms with Gasteiger partial charge >= 0.3 is 0 Å². The Morgan fingerprint density at radius 3 is 2.85 bits per heavy atom. The Morgan fingerprint density at radius 1 is 1.38 bits per heavy atom. The minimum absolute atomic E-state index is 0. The van der Waals surface area contributed by atoms with E-state index in [2.05, 4.69) is 32.1 Å². The Bertz CT molecular complexity index is 574. The van der Waals surface area contributed by atoms with Crippen LogP contribution in [0.2, 0.25) is 0 Å². The molecule has 7 nitrogen and oxygen atoms in total. The third-order valence-corrected chi connectivity index (χ3v) is 4.53. The Balaban J connectivity index is 0.00000338. The maximum absolute atomic E-state index is 11.8. The number of unbranched alkanes of at least 4 members (excludes halogenated alkanes) is 1. The van der Waals surface area contributed by atoms with E-state index in [0.717, 1.165) is 63.8 Å². The number of hydrogen-bond acceptors (Lipinski definition) is 3. The molecule has 1 fully saturated rings. The van der Waals surface area contributed by atoms with E-state index in [1.807, 2.05) is 31.1 Å². The van der Waals surface area contributed by atoms with Gasteiger partial charge in [-0.1, -0.05) is 6.92 Å². The van der Waals surface area contributed by atoms with Crippen LogP contribution >= 0.6 is 24.0 Å². The van der Waals surface area contributed by atoms with Crippen LogP contribution in [0.3, 0.4) is 0 Å². The number of imidazole rings is 1.